The summed E-state index contributed by atoms with van der Waals surface area (Å²) < 4.78 is 27.5. The molecule has 3 aromatic rings. The lowest BCUT2D eigenvalue weighted by molar-refractivity contribution is -0.146. The van der Waals surface area contributed by atoms with Crippen molar-refractivity contribution in [2.45, 2.75) is 56.1 Å². The molecule has 0 radical (unpaired) electrons. The molecule has 3 amide bonds. The summed E-state index contributed by atoms with van der Waals surface area (Å²) >= 11 is 0. The number of halogens is 2. The highest BCUT2D eigenvalue weighted by Crippen LogP contribution is 2.32. The Morgan fingerprint density at radius 1 is 0.864 bits per heavy atom. The first-order valence-electron chi connectivity index (χ1n) is 14.8. The van der Waals surface area contributed by atoms with Crippen LogP contribution in [0.25, 0.3) is 11.1 Å². The third kappa shape index (κ3) is 7.96. The van der Waals surface area contributed by atoms with Crippen LogP contribution in [0.4, 0.5) is 8.78 Å². The lowest BCUT2D eigenvalue weighted by Gasteiger charge is -2.37. The monoisotopic (exact) mass is 602 g/mol. The van der Waals surface area contributed by atoms with Crippen molar-refractivity contribution in [2.24, 2.45) is 5.73 Å². The Morgan fingerprint density at radius 3 is 2.07 bits per heavy atom. The van der Waals surface area contributed by atoms with Crippen molar-refractivity contribution in [3.8, 4) is 11.1 Å². The van der Waals surface area contributed by atoms with Gasteiger partial charge in [0.2, 0.25) is 17.7 Å². The van der Waals surface area contributed by atoms with E-state index in [0.29, 0.717) is 12.0 Å². The SMILES string of the molecule is CNC(=O)[C@@H](Cc1ccc(F)c(F)c1)N(C)C(=O)[C@@H](Cc1ccc(-c2ccccc2)cc1)N(C)C(=O)/C=C/CC1(N)CCC1. The van der Waals surface area contributed by atoms with E-state index < -0.39 is 35.5 Å². The fourth-order valence-corrected chi connectivity index (χ4v) is 5.43. The molecule has 1 aliphatic rings. The number of carbonyl (C=O) groups is 3. The summed E-state index contributed by atoms with van der Waals surface area (Å²) in [7, 11) is 4.49. The van der Waals surface area contributed by atoms with E-state index in [0.717, 1.165) is 48.1 Å². The molecule has 2 atom stereocenters. The molecule has 0 bridgehead atoms. The number of hydrogen-bond acceptors (Lipinski definition) is 4. The smallest absolute Gasteiger partial charge is 0.246 e. The average Bonchev–Trinajstić information content (AvgIpc) is 3.02. The van der Waals surface area contributed by atoms with Gasteiger partial charge in [-0.15, -0.1) is 0 Å². The first-order valence-corrected chi connectivity index (χ1v) is 14.8. The first kappa shape index (κ1) is 32.5. The van der Waals surface area contributed by atoms with E-state index in [-0.39, 0.29) is 24.3 Å². The Balaban J connectivity index is 1.59. The Bertz CT molecular complexity index is 1490. The summed E-state index contributed by atoms with van der Waals surface area (Å²) in [5.74, 6) is -3.34. The van der Waals surface area contributed by atoms with Gasteiger partial charge < -0.3 is 20.9 Å². The molecule has 44 heavy (non-hydrogen) atoms. The average molecular weight is 603 g/mol. The molecule has 0 spiro atoms. The summed E-state index contributed by atoms with van der Waals surface area (Å²) in [6, 6.07) is 19.1. The molecular formula is C35H40F2N4O3. The fraction of sp³-hybridized carbons (Fsp3) is 0.343. The van der Waals surface area contributed by atoms with Crippen LogP contribution in [0.15, 0.2) is 84.9 Å². The highest BCUT2D eigenvalue weighted by atomic mass is 19.2. The highest BCUT2D eigenvalue weighted by molar-refractivity contribution is 5.95. The van der Waals surface area contributed by atoms with Crippen molar-refractivity contribution < 1.29 is 23.2 Å². The van der Waals surface area contributed by atoms with Gasteiger partial charge in [0.1, 0.15) is 12.1 Å². The van der Waals surface area contributed by atoms with Crippen LogP contribution in [-0.4, -0.2) is 66.3 Å². The molecule has 1 fully saturated rings. The number of likely N-dealkylation sites (N-methyl/N-ethyl adjacent to an activating group) is 3. The van der Waals surface area contributed by atoms with Crippen LogP contribution >= 0.6 is 0 Å². The second-order valence-electron chi connectivity index (χ2n) is 11.6. The second kappa shape index (κ2) is 14.4. The summed E-state index contributed by atoms with van der Waals surface area (Å²) in [4.78, 5) is 43.1. The van der Waals surface area contributed by atoms with Crippen LogP contribution in [0.5, 0.6) is 0 Å². The number of carbonyl (C=O) groups excluding carboxylic acids is 3. The van der Waals surface area contributed by atoms with Gasteiger partial charge in [0, 0.05) is 39.5 Å². The summed E-state index contributed by atoms with van der Waals surface area (Å²) in [6.07, 6.45) is 6.81. The molecule has 232 valence electrons. The van der Waals surface area contributed by atoms with Gasteiger partial charge in [0.15, 0.2) is 11.6 Å². The van der Waals surface area contributed by atoms with Gasteiger partial charge in [-0.2, -0.15) is 0 Å². The van der Waals surface area contributed by atoms with Crippen molar-refractivity contribution in [1.82, 2.24) is 15.1 Å². The van der Waals surface area contributed by atoms with Crippen molar-refractivity contribution >= 4 is 17.7 Å². The molecule has 0 aromatic heterocycles. The Labute approximate surface area is 257 Å². The molecule has 3 N–H and O–H groups in total. The topological polar surface area (TPSA) is 95.7 Å². The van der Waals surface area contributed by atoms with E-state index in [9.17, 15) is 23.2 Å². The van der Waals surface area contributed by atoms with Gasteiger partial charge in [-0.05, 0) is 66.1 Å². The third-order valence-electron chi connectivity index (χ3n) is 8.50. The van der Waals surface area contributed by atoms with E-state index >= 15 is 0 Å². The van der Waals surface area contributed by atoms with Crippen LogP contribution in [0.1, 0.15) is 36.8 Å². The van der Waals surface area contributed by atoms with E-state index in [1.54, 1.807) is 13.1 Å². The summed E-state index contributed by atoms with van der Waals surface area (Å²) in [6.45, 7) is 0. The van der Waals surface area contributed by atoms with Gasteiger partial charge in [0.05, 0.1) is 0 Å². The van der Waals surface area contributed by atoms with Crippen LogP contribution in [0, 0.1) is 11.6 Å². The molecule has 9 heteroatoms. The molecule has 3 aromatic carbocycles. The van der Waals surface area contributed by atoms with Gasteiger partial charge in [-0.1, -0.05) is 66.7 Å². The molecule has 1 saturated carbocycles. The summed E-state index contributed by atoms with van der Waals surface area (Å²) in [5, 5.41) is 2.56. The molecule has 0 heterocycles. The number of benzene rings is 3. The van der Waals surface area contributed by atoms with Crippen molar-refractivity contribution in [3.05, 3.63) is 108 Å². The Hall–Kier alpha value is -4.37. The van der Waals surface area contributed by atoms with E-state index in [4.69, 9.17) is 5.73 Å². The van der Waals surface area contributed by atoms with E-state index in [1.165, 1.54) is 36.0 Å². The third-order valence-corrected chi connectivity index (χ3v) is 8.50. The Morgan fingerprint density at radius 2 is 1.48 bits per heavy atom. The normalized spacial score (nSPS) is 15.2. The minimum atomic E-state index is -1.04. The minimum Gasteiger partial charge on any atom is -0.357 e. The summed E-state index contributed by atoms with van der Waals surface area (Å²) in [5.41, 5.74) is 9.27. The van der Waals surface area contributed by atoms with Gasteiger partial charge in [-0.25, -0.2) is 8.78 Å². The van der Waals surface area contributed by atoms with Gasteiger partial charge >= 0.3 is 0 Å². The van der Waals surface area contributed by atoms with Crippen LogP contribution < -0.4 is 11.1 Å². The van der Waals surface area contributed by atoms with Crippen molar-refractivity contribution in [3.63, 3.8) is 0 Å². The number of nitrogens with two attached hydrogens (primary N) is 1. The number of nitrogens with zero attached hydrogens (tertiary/aromatic N) is 2. The number of amides is 3. The predicted octanol–water partition coefficient (Wildman–Crippen LogP) is 4.64. The largest absolute Gasteiger partial charge is 0.357 e. The Kier molecular flexibility index (Phi) is 10.7. The molecule has 0 saturated heterocycles. The molecule has 1 aliphatic carbocycles. The maximum atomic E-state index is 14.1. The zero-order chi connectivity index (χ0) is 31.9. The van der Waals surface area contributed by atoms with Crippen molar-refractivity contribution in [1.29, 1.82) is 0 Å². The maximum absolute atomic E-state index is 14.1. The molecule has 0 aliphatic heterocycles. The quantitative estimate of drug-likeness (QED) is 0.295. The van der Waals surface area contributed by atoms with Crippen LogP contribution in [0.3, 0.4) is 0 Å². The van der Waals surface area contributed by atoms with Gasteiger partial charge in [-0.3, -0.25) is 14.4 Å². The molecule has 7 nitrogen and oxygen atoms in total. The predicted molar refractivity (Wildman–Crippen MR) is 167 cm³/mol. The minimum absolute atomic E-state index is 0.0479. The van der Waals surface area contributed by atoms with E-state index in [2.05, 4.69) is 5.32 Å². The lowest BCUT2D eigenvalue weighted by atomic mass is 9.75. The molecular weight excluding hydrogens is 562 g/mol. The number of rotatable bonds is 12. The molecule has 4 rings (SSSR count). The highest BCUT2D eigenvalue weighted by Gasteiger charge is 2.35. The second-order valence-corrected chi connectivity index (χ2v) is 11.6. The number of nitrogens with one attached hydrogen (secondary N) is 1. The maximum Gasteiger partial charge on any atom is 0.246 e. The van der Waals surface area contributed by atoms with E-state index in [1.807, 2.05) is 54.6 Å². The van der Waals surface area contributed by atoms with Crippen molar-refractivity contribution in [2.75, 3.05) is 21.1 Å². The number of hydrogen-bond donors (Lipinski definition) is 2. The zero-order valence-electron chi connectivity index (χ0n) is 25.4. The van der Waals surface area contributed by atoms with Crippen LogP contribution in [-0.2, 0) is 27.2 Å². The van der Waals surface area contributed by atoms with Gasteiger partial charge in [0.25, 0.3) is 0 Å². The molecule has 0 unspecified atom stereocenters. The first-order chi connectivity index (χ1) is 21.0. The standard InChI is InChI=1S/C35H40F2N4O3/c1-39-33(43)30(23-25-14-17-28(36)29(37)21-25)41(3)34(44)31(40(2)32(42)11-7-18-35(38)19-8-20-35)22-24-12-15-27(16-13-24)26-9-5-4-6-10-26/h4-7,9-17,21,30-31H,8,18-20,22-23,38H2,1-3H3,(H,39,43)/b11-7+/t30-,31-/m1/s1. The zero-order valence-corrected chi connectivity index (χ0v) is 25.4. The lowest BCUT2D eigenvalue weighted by Crippen LogP contribution is -2.55. The fourth-order valence-electron chi connectivity index (χ4n) is 5.43. The van der Waals surface area contributed by atoms with Crippen LogP contribution in [0.2, 0.25) is 0 Å².